The number of amides is 1. The molecule has 1 aliphatic heterocycles. The van der Waals surface area contributed by atoms with E-state index in [1.807, 2.05) is 4.90 Å². The average Bonchev–Trinajstić information content (AvgIpc) is 2.64. The fourth-order valence-electron chi connectivity index (χ4n) is 4.70. The highest BCUT2D eigenvalue weighted by molar-refractivity contribution is 5.79. The molecule has 5 nitrogen and oxygen atoms in total. The molecule has 3 rings (SSSR count). The fraction of sp³-hybridized carbons (Fsp3) is 0.900. The molecule has 0 spiro atoms. The summed E-state index contributed by atoms with van der Waals surface area (Å²) < 4.78 is 6.29. The maximum Gasteiger partial charge on any atom is 0.306 e. The highest BCUT2D eigenvalue weighted by Crippen LogP contribution is 2.32. The molecule has 3 fully saturated rings. The minimum Gasteiger partial charge on any atom is -0.481 e. The Morgan fingerprint density at radius 3 is 1.88 bits per heavy atom. The molecule has 2 aliphatic carbocycles. The molecular weight excluding hydrogens is 318 g/mol. The third-order valence-electron chi connectivity index (χ3n) is 6.53. The summed E-state index contributed by atoms with van der Waals surface area (Å²) in [5, 5.41) is 9.08. The van der Waals surface area contributed by atoms with E-state index in [2.05, 4.69) is 6.92 Å². The number of carbonyl (C=O) groups is 2. The topological polar surface area (TPSA) is 66.8 Å². The van der Waals surface area contributed by atoms with E-state index in [1.165, 1.54) is 25.7 Å². The molecule has 0 aromatic heterocycles. The maximum atomic E-state index is 12.7. The van der Waals surface area contributed by atoms with Crippen molar-refractivity contribution in [2.75, 3.05) is 13.1 Å². The van der Waals surface area contributed by atoms with Crippen LogP contribution < -0.4 is 0 Å². The van der Waals surface area contributed by atoms with Gasteiger partial charge in [0.15, 0.2) is 0 Å². The standard InChI is InChI=1S/C20H33NO4/c1-14-2-8-17(9-3-14)25-18-10-12-21(13-11-18)19(22)15-4-6-16(7-5-15)20(23)24/h14-18H,2-13H2,1H3,(H,23,24). The van der Waals surface area contributed by atoms with Gasteiger partial charge in [0.1, 0.15) is 0 Å². The van der Waals surface area contributed by atoms with Crippen molar-refractivity contribution in [1.82, 2.24) is 4.90 Å². The number of likely N-dealkylation sites (tertiary alicyclic amines) is 1. The molecule has 1 heterocycles. The van der Waals surface area contributed by atoms with Gasteiger partial charge in [-0.3, -0.25) is 9.59 Å². The number of carbonyl (C=O) groups excluding carboxylic acids is 1. The van der Waals surface area contributed by atoms with Crippen LogP contribution in [-0.4, -0.2) is 47.2 Å². The second-order valence-corrected chi connectivity index (χ2v) is 8.43. The third-order valence-corrected chi connectivity index (χ3v) is 6.53. The van der Waals surface area contributed by atoms with Crippen LogP contribution in [0.3, 0.4) is 0 Å². The van der Waals surface area contributed by atoms with Crippen molar-refractivity contribution in [2.45, 2.75) is 83.3 Å². The van der Waals surface area contributed by atoms with Crippen LogP contribution in [0, 0.1) is 17.8 Å². The molecular formula is C20H33NO4. The normalized spacial score (nSPS) is 34.7. The van der Waals surface area contributed by atoms with Crippen LogP contribution in [0.4, 0.5) is 0 Å². The number of nitrogens with zero attached hydrogens (tertiary/aromatic N) is 1. The monoisotopic (exact) mass is 351 g/mol. The van der Waals surface area contributed by atoms with Gasteiger partial charge in [-0.05, 0) is 70.1 Å². The predicted molar refractivity (Wildman–Crippen MR) is 95.2 cm³/mol. The first kappa shape index (κ1) is 18.7. The molecule has 2 saturated carbocycles. The molecule has 0 aromatic carbocycles. The van der Waals surface area contributed by atoms with E-state index >= 15 is 0 Å². The number of hydrogen-bond donors (Lipinski definition) is 1. The average molecular weight is 351 g/mol. The van der Waals surface area contributed by atoms with Crippen molar-refractivity contribution in [3.05, 3.63) is 0 Å². The van der Waals surface area contributed by atoms with Crippen LogP contribution in [0.2, 0.25) is 0 Å². The van der Waals surface area contributed by atoms with Crippen LogP contribution in [0.1, 0.15) is 71.1 Å². The van der Waals surface area contributed by atoms with Crippen LogP contribution in [0.5, 0.6) is 0 Å². The molecule has 0 bridgehead atoms. The quantitative estimate of drug-likeness (QED) is 0.842. The Labute approximate surface area is 151 Å². The lowest BCUT2D eigenvalue weighted by atomic mass is 9.81. The van der Waals surface area contributed by atoms with Gasteiger partial charge in [-0.1, -0.05) is 6.92 Å². The summed E-state index contributed by atoms with van der Waals surface area (Å²) in [5.41, 5.74) is 0. The van der Waals surface area contributed by atoms with Gasteiger partial charge in [0.25, 0.3) is 0 Å². The maximum absolute atomic E-state index is 12.7. The minimum atomic E-state index is -0.707. The summed E-state index contributed by atoms with van der Waals surface area (Å²) in [6.07, 6.45) is 10.3. The number of rotatable bonds is 4. The smallest absolute Gasteiger partial charge is 0.306 e. The van der Waals surface area contributed by atoms with Crippen molar-refractivity contribution in [3.8, 4) is 0 Å². The predicted octanol–water partition coefficient (Wildman–Crippen LogP) is 3.46. The Kier molecular flexibility index (Phi) is 6.37. The molecule has 5 heteroatoms. The van der Waals surface area contributed by atoms with E-state index < -0.39 is 5.97 Å². The number of carboxylic acid groups (broad SMARTS) is 1. The van der Waals surface area contributed by atoms with Crippen LogP contribution >= 0.6 is 0 Å². The van der Waals surface area contributed by atoms with Gasteiger partial charge in [0, 0.05) is 19.0 Å². The summed E-state index contributed by atoms with van der Waals surface area (Å²) in [4.78, 5) is 25.7. The summed E-state index contributed by atoms with van der Waals surface area (Å²) in [6, 6.07) is 0. The number of hydrogen-bond acceptors (Lipinski definition) is 3. The summed E-state index contributed by atoms with van der Waals surface area (Å²) >= 11 is 0. The Morgan fingerprint density at radius 2 is 1.32 bits per heavy atom. The molecule has 0 aromatic rings. The first-order valence-corrected chi connectivity index (χ1v) is 10.2. The Balaban J connectivity index is 1.38. The lowest BCUT2D eigenvalue weighted by Crippen LogP contribution is -2.45. The molecule has 1 N–H and O–H groups in total. The molecule has 0 unspecified atom stereocenters. The van der Waals surface area contributed by atoms with Gasteiger partial charge in [-0.25, -0.2) is 0 Å². The van der Waals surface area contributed by atoms with Gasteiger partial charge in [0.2, 0.25) is 5.91 Å². The number of carboxylic acids is 1. The minimum absolute atomic E-state index is 0.0351. The molecule has 25 heavy (non-hydrogen) atoms. The molecule has 1 amide bonds. The zero-order valence-corrected chi connectivity index (χ0v) is 15.5. The Morgan fingerprint density at radius 1 is 0.800 bits per heavy atom. The molecule has 142 valence electrons. The Bertz CT molecular complexity index is 456. The highest BCUT2D eigenvalue weighted by atomic mass is 16.5. The van der Waals surface area contributed by atoms with Gasteiger partial charge in [0.05, 0.1) is 18.1 Å². The molecule has 3 aliphatic rings. The largest absolute Gasteiger partial charge is 0.481 e. The molecule has 0 atom stereocenters. The second-order valence-electron chi connectivity index (χ2n) is 8.43. The van der Waals surface area contributed by atoms with Gasteiger partial charge >= 0.3 is 5.97 Å². The number of aliphatic carboxylic acids is 1. The number of ether oxygens (including phenoxy) is 1. The van der Waals surface area contributed by atoms with E-state index in [9.17, 15) is 9.59 Å². The van der Waals surface area contributed by atoms with Crippen LogP contribution in [0.15, 0.2) is 0 Å². The SMILES string of the molecule is CC1CCC(OC2CCN(C(=O)C3CCC(C(=O)O)CC3)CC2)CC1. The Hall–Kier alpha value is -1.10. The molecule has 1 saturated heterocycles. The second kappa shape index (κ2) is 8.52. The third kappa shape index (κ3) is 4.96. The van der Waals surface area contributed by atoms with E-state index in [1.54, 1.807) is 0 Å². The first-order chi connectivity index (χ1) is 12.0. The van der Waals surface area contributed by atoms with Crippen molar-refractivity contribution in [3.63, 3.8) is 0 Å². The fourth-order valence-corrected chi connectivity index (χ4v) is 4.70. The highest BCUT2D eigenvalue weighted by Gasteiger charge is 2.34. The van der Waals surface area contributed by atoms with E-state index in [0.29, 0.717) is 25.0 Å². The van der Waals surface area contributed by atoms with Crippen LogP contribution in [-0.2, 0) is 14.3 Å². The number of piperidine rings is 1. The van der Waals surface area contributed by atoms with Gasteiger partial charge < -0.3 is 14.7 Å². The molecule has 0 radical (unpaired) electrons. The summed E-state index contributed by atoms with van der Waals surface area (Å²) in [6.45, 7) is 3.92. The van der Waals surface area contributed by atoms with Crippen molar-refractivity contribution >= 4 is 11.9 Å². The summed E-state index contributed by atoms with van der Waals surface area (Å²) in [5.74, 6) is 0.166. The van der Waals surface area contributed by atoms with Gasteiger partial charge in [-0.15, -0.1) is 0 Å². The van der Waals surface area contributed by atoms with Crippen molar-refractivity contribution in [2.24, 2.45) is 17.8 Å². The van der Waals surface area contributed by atoms with Crippen molar-refractivity contribution < 1.29 is 19.4 Å². The lowest BCUT2D eigenvalue weighted by molar-refractivity contribution is -0.147. The zero-order chi connectivity index (χ0) is 17.8. The van der Waals surface area contributed by atoms with Crippen LogP contribution in [0.25, 0.3) is 0 Å². The first-order valence-electron chi connectivity index (χ1n) is 10.2. The lowest BCUT2D eigenvalue weighted by Gasteiger charge is -2.37. The summed E-state index contributed by atoms with van der Waals surface area (Å²) in [7, 11) is 0. The van der Waals surface area contributed by atoms with E-state index in [4.69, 9.17) is 9.84 Å². The van der Waals surface area contributed by atoms with Crippen molar-refractivity contribution in [1.29, 1.82) is 0 Å². The van der Waals surface area contributed by atoms with E-state index in [-0.39, 0.29) is 17.7 Å². The zero-order valence-electron chi connectivity index (χ0n) is 15.5. The van der Waals surface area contributed by atoms with Gasteiger partial charge in [-0.2, -0.15) is 0 Å². The van der Waals surface area contributed by atoms with E-state index in [0.717, 1.165) is 44.7 Å².